The molecule has 4 aliphatic carbocycles. The fraction of sp³-hybridized carbons (Fsp3) is 0.938. The third-order valence-corrected chi connectivity index (χ3v) is 6.22. The van der Waals surface area contributed by atoms with E-state index in [0.29, 0.717) is 5.78 Å². The third kappa shape index (κ3) is 2.45. The second-order valence-corrected chi connectivity index (χ2v) is 7.56. The topological polar surface area (TPSA) is 116 Å². The average Bonchev–Trinajstić information content (AvgIpc) is 2.53. The van der Waals surface area contributed by atoms with Gasteiger partial charge in [0, 0.05) is 11.8 Å². The molecule has 5 rings (SSSR count). The summed E-state index contributed by atoms with van der Waals surface area (Å²) < 4.78 is 11.5. The van der Waals surface area contributed by atoms with Crippen molar-refractivity contribution in [3.63, 3.8) is 0 Å². The van der Waals surface area contributed by atoms with Gasteiger partial charge in [0.25, 0.3) is 0 Å². The lowest BCUT2D eigenvalue weighted by atomic mass is 9.54. The van der Waals surface area contributed by atoms with Crippen molar-refractivity contribution in [2.45, 2.75) is 62.5 Å². The molecule has 1 aliphatic heterocycles. The summed E-state index contributed by atoms with van der Waals surface area (Å²) >= 11 is 0. The van der Waals surface area contributed by atoms with Crippen molar-refractivity contribution in [3.8, 4) is 0 Å². The van der Waals surface area contributed by atoms with Gasteiger partial charge in [-0.05, 0) is 37.5 Å². The molecule has 0 spiro atoms. The van der Waals surface area contributed by atoms with Crippen LogP contribution in [0.3, 0.4) is 0 Å². The zero-order chi connectivity index (χ0) is 16.3. The Kier molecular flexibility index (Phi) is 3.98. The summed E-state index contributed by atoms with van der Waals surface area (Å²) in [6.07, 6.45) is -2.94. The van der Waals surface area contributed by atoms with E-state index in [2.05, 4.69) is 0 Å². The van der Waals surface area contributed by atoms with Crippen LogP contribution in [0, 0.1) is 23.7 Å². The van der Waals surface area contributed by atoms with Crippen LogP contribution >= 0.6 is 0 Å². The highest BCUT2D eigenvalue weighted by Crippen LogP contribution is 2.53. The van der Waals surface area contributed by atoms with Gasteiger partial charge in [-0.25, -0.2) is 0 Å². The molecule has 5 fully saturated rings. The molecule has 0 amide bonds. The third-order valence-electron chi connectivity index (χ3n) is 6.22. The zero-order valence-corrected chi connectivity index (χ0v) is 12.8. The first-order valence-corrected chi connectivity index (χ1v) is 8.49. The van der Waals surface area contributed by atoms with E-state index in [0.717, 1.165) is 25.7 Å². The van der Waals surface area contributed by atoms with Crippen LogP contribution in [0.1, 0.15) is 25.7 Å². The lowest BCUT2D eigenvalue weighted by Gasteiger charge is -2.54. The molecular formula is C16H24O7. The van der Waals surface area contributed by atoms with Gasteiger partial charge in [0.1, 0.15) is 30.2 Å². The predicted octanol–water partition coefficient (Wildman–Crippen LogP) is -1.19. The highest BCUT2D eigenvalue weighted by Gasteiger charge is 2.55. The molecule has 4 N–H and O–H groups in total. The quantitative estimate of drug-likeness (QED) is 0.514. The van der Waals surface area contributed by atoms with Crippen molar-refractivity contribution in [1.82, 2.24) is 0 Å². The monoisotopic (exact) mass is 328 g/mol. The number of ketones is 1. The van der Waals surface area contributed by atoms with E-state index in [9.17, 15) is 25.2 Å². The van der Waals surface area contributed by atoms with Gasteiger partial charge in [0.2, 0.25) is 0 Å². The van der Waals surface area contributed by atoms with Gasteiger partial charge in [-0.3, -0.25) is 4.79 Å². The number of hydrogen-bond donors (Lipinski definition) is 4. The molecule has 0 aromatic rings. The van der Waals surface area contributed by atoms with Crippen LogP contribution in [0.2, 0.25) is 0 Å². The van der Waals surface area contributed by atoms with Crippen molar-refractivity contribution in [2.24, 2.45) is 23.7 Å². The standard InChI is InChI=1S/C16H24O7/c17-5-10-12(19)13(20)14(21)16(22-10)23-15-8-1-6-2-9(15)4-7(3-8)11(6)18/h6-10,12-17,19-21H,1-5H2/t6?,7?,8?,9?,10-,12-,13+,14-,15?,16+/m1/s1. The van der Waals surface area contributed by atoms with Crippen LogP contribution in [-0.2, 0) is 14.3 Å². The molecule has 5 atom stereocenters. The van der Waals surface area contributed by atoms with Gasteiger partial charge in [-0.2, -0.15) is 0 Å². The molecule has 0 aromatic heterocycles. The Morgan fingerprint density at radius 3 is 2.04 bits per heavy atom. The SMILES string of the molecule is O=C1C2CC3CC1CC(C2)C3O[C@@H]1O[C@H](CO)[C@@H](O)[C@H](O)[C@H]1O. The molecule has 1 saturated heterocycles. The van der Waals surface area contributed by atoms with E-state index in [4.69, 9.17) is 9.47 Å². The molecule has 7 heteroatoms. The van der Waals surface area contributed by atoms with Gasteiger partial charge in [-0.15, -0.1) is 0 Å². The first-order valence-electron chi connectivity index (χ1n) is 8.49. The fourth-order valence-corrected chi connectivity index (χ4v) is 5.12. The van der Waals surface area contributed by atoms with Gasteiger partial charge >= 0.3 is 0 Å². The Bertz CT molecular complexity index is 447. The van der Waals surface area contributed by atoms with E-state index >= 15 is 0 Å². The molecule has 4 saturated carbocycles. The summed E-state index contributed by atoms with van der Waals surface area (Å²) in [5, 5.41) is 39.1. The molecule has 0 unspecified atom stereocenters. The van der Waals surface area contributed by atoms with Crippen molar-refractivity contribution < 1.29 is 34.7 Å². The summed E-state index contributed by atoms with van der Waals surface area (Å²) in [6, 6.07) is 0. The number of aliphatic hydroxyl groups excluding tert-OH is 4. The minimum absolute atomic E-state index is 0.1000. The summed E-state index contributed by atoms with van der Waals surface area (Å²) in [5.41, 5.74) is 0. The van der Waals surface area contributed by atoms with Crippen molar-refractivity contribution in [3.05, 3.63) is 0 Å². The summed E-state index contributed by atoms with van der Waals surface area (Å²) in [7, 11) is 0. The van der Waals surface area contributed by atoms with E-state index in [1.807, 2.05) is 0 Å². The van der Waals surface area contributed by atoms with E-state index < -0.39 is 37.3 Å². The van der Waals surface area contributed by atoms with E-state index in [1.165, 1.54) is 0 Å². The number of carbonyl (C=O) groups is 1. The second kappa shape index (κ2) is 5.75. The lowest BCUT2D eigenvalue weighted by Crippen LogP contribution is -2.62. The lowest BCUT2D eigenvalue weighted by molar-refractivity contribution is -0.325. The molecule has 0 aromatic carbocycles. The van der Waals surface area contributed by atoms with Crippen LogP contribution in [0.4, 0.5) is 0 Å². The molecule has 130 valence electrons. The second-order valence-electron chi connectivity index (χ2n) is 7.56. The molecule has 5 aliphatic rings. The minimum Gasteiger partial charge on any atom is -0.394 e. The molecule has 23 heavy (non-hydrogen) atoms. The van der Waals surface area contributed by atoms with Crippen molar-refractivity contribution in [2.75, 3.05) is 6.61 Å². The molecule has 4 bridgehead atoms. The molecular weight excluding hydrogens is 304 g/mol. The summed E-state index contributed by atoms with van der Waals surface area (Å²) in [6.45, 7) is -0.457. The first-order chi connectivity index (χ1) is 11.0. The number of ether oxygens (including phenoxy) is 2. The molecule has 0 radical (unpaired) electrons. The largest absolute Gasteiger partial charge is 0.394 e. The van der Waals surface area contributed by atoms with E-state index in [-0.39, 0.29) is 29.8 Å². The molecule has 7 nitrogen and oxygen atoms in total. The fourth-order valence-electron chi connectivity index (χ4n) is 5.12. The zero-order valence-electron chi connectivity index (χ0n) is 12.8. The van der Waals surface area contributed by atoms with Crippen LogP contribution in [0.5, 0.6) is 0 Å². The first kappa shape index (κ1) is 15.9. The number of aliphatic hydroxyl groups is 4. The van der Waals surface area contributed by atoms with Gasteiger partial charge in [0.05, 0.1) is 12.7 Å². The Hall–Kier alpha value is -0.570. The summed E-state index contributed by atoms with van der Waals surface area (Å²) in [4.78, 5) is 12.1. The Balaban J connectivity index is 1.47. The predicted molar refractivity (Wildman–Crippen MR) is 76.1 cm³/mol. The highest BCUT2D eigenvalue weighted by molar-refractivity contribution is 5.85. The van der Waals surface area contributed by atoms with Gasteiger partial charge < -0.3 is 29.9 Å². The van der Waals surface area contributed by atoms with Crippen LogP contribution in [0.15, 0.2) is 0 Å². The normalized spacial score (nSPS) is 55.4. The van der Waals surface area contributed by atoms with Crippen molar-refractivity contribution in [1.29, 1.82) is 0 Å². The minimum atomic E-state index is -1.41. The Morgan fingerprint density at radius 1 is 0.957 bits per heavy atom. The van der Waals surface area contributed by atoms with Gasteiger partial charge in [0.15, 0.2) is 6.29 Å². The number of rotatable bonds is 3. The average molecular weight is 328 g/mol. The van der Waals surface area contributed by atoms with Crippen LogP contribution in [0.25, 0.3) is 0 Å². The number of carbonyl (C=O) groups excluding carboxylic acids is 1. The Labute approximate surface area is 134 Å². The summed E-state index contributed by atoms with van der Waals surface area (Å²) in [5.74, 6) is 1.29. The molecule has 1 heterocycles. The highest BCUT2D eigenvalue weighted by atomic mass is 16.7. The maximum atomic E-state index is 12.1. The van der Waals surface area contributed by atoms with Crippen LogP contribution in [-0.4, -0.2) is 69.6 Å². The van der Waals surface area contributed by atoms with Gasteiger partial charge in [-0.1, -0.05) is 0 Å². The van der Waals surface area contributed by atoms with E-state index in [1.54, 1.807) is 0 Å². The van der Waals surface area contributed by atoms with Crippen LogP contribution < -0.4 is 0 Å². The smallest absolute Gasteiger partial charge is 0.186 e. The maximum absolute atomic E-state index is 12.1. The van der Waals surface area contributed by atoms with Crippen molar-refractivity contribution >= 4 is 5.78 Å². The maximum Gasteiger partial charge on any atom is 0.186 e. The number of hydrogen-bond acceptors (Lipinski definition) is 7. The Morgan fingerprint density at radius 2 is 1.52 bits per heavy atom. The number of Topliss-reactive ketones (excluding diaryl/α,β-unsaturated/α-hetero) is 1.